The number of alkyl halides is 3. The van der Waals surface area contributed by atoms with E-state index >= 15 is 0 Å². The van der Waals surface area contributed by atoms with E-state index in [4.69, 9.17) is 5.11 Å². The first-order valence-electron chi connectivity index (χ1n) is 6.25. The van der Waals surface area contributed by atoms with Crippen LogP contribution in [0, 0.1) is 5.82 Å². The zero-order chi connectivity index (χ0) is 16.0. The Labute approximate surface area is 119 Å². The third-order valence-corrected chi connectivity index (χ3v) is 2.57. The number of hydrogen-bond donors (Lipinski definition) is 3. The highest BCUT2D eigenvalue weighted by Crippen LogP contribution is 2.30. The molecule has 0 fully saturated rings. The van der Waals surface area contributed by atoms with Crippen LogP contribution in [0.3, 0.4) is 0 Å². The second kappa shape index (κ2) is 7.37. The summed E-state index contributed by atoms with van der Waals surface area (Å²) in [5.74, 6) is -1.94. The molecular weight excluding hydrogens is 292 g/mol. The molecule has 3 N–H and O–H groups in total. The van der Waals surface area contributed by atoms with E-state index in [1.807, 2.05) is 0 Å². The molecule has 0 heterocycles. The molecule has 118 valence electrons. The van der Waals surface area contributed by atoms with Gasteiger partial charge in [0.25, 0.3) is 5.91 Å². The van der Waals surface area contributed by atoms with Crippen molar-refractivity contribution in [3.63, 3.8) is 0 Å². The molecule has 0 bridgehead atoms. The molecule has 1 rings (SSSR count). The predicted octanol–water partition coefficient (Wildman–Crippen LogP) is 1.54. The van der Waals surface area contributed by atoms with Crippen molar-refractivity contribution in [3.8, 4) is 0 Å². The van der Waals surface area contributed by atoms with Crippen molar-refractivity contribution in [3.05, 3.63) is 35.1 Å². The lowest BCUT2D eigenvalue weighted by atomic mass is 10.1. The first-order chi connectivity index (χ1) is 9.71. The molecule has 0 aromatic heterocycles. The second-order valence-corrected chi connectivity index (χ2v) is 4.50. The van der Waals surface area contributed by atoms with Gasteiger partial charge in [-0.1, -0.05) is 0 Å². The van der Waals surface area contributed by atoms with Crippen LogP contribution in [0.2, 0.25) is 0 Å². The molecule has 1 atom stereocenters. The maximum Gasteiger partial charge on any atom is 0.416 e. The number of amides is 1. The maximum atomic E-state index is 13.4. The van der Waals surface area contributed by atoms with Gasteiger partial charge in [0.05, 0.1) is 17.2 Å². The zero-order valence-electron chi connectivity index (χ0n) is 11.3. The lowest BCUT2D eigenvalue weighted by Crippen LogP contribution is -2.35. The van der Waals surface area contributed by atoms with Crippen LogP contribution in [0.1, 0.15) is 22.8 Å². The maximum absolute atomic E-state index is 13.4. The van der Waals surface area contributed by atoms with Gasteiger partial charge in [-0.05, 0) is 25.1 Å². The van der Waals surface area contributed by atoms with Crippen LogP contribution in [0.5, 0.6) is 0 Å². The quantitative estimate of drug-likeness (QED) is 0.552. The Hall–Kier alpha value is -1.67. The SMILES string of the molecule is CC(O)CNCCNC(=O)c1cc(C(F)(F)F)ccc1F. The topological polar surface area (TPSA) is 61.4 Å². The molecule has 1 aromatic rings. The highest BCUT2D eigenvalue weighted by Gasteiger charge is 2.31. The summed E-state index contributed by atoms with van der Waals surface area (Å²) in [5, 5.41) is 14.1. The van der Waals surface area contributed by atoms with Crippen molar-refractivity contribution in [1.82, 2.24) is 10.6 Å². The fourth-order valence-electron chi connectivity index (χ4n) is 1.55. The van der Waals surface area contributed by atoms with Crippen molar-refractivity contribution in [2.75, 3.05) is 19.6 Å². The van der Waals surface area contributed by atoms with Crippen LogP contribution in [-0.4, -0.2) is 36.8 Å². The number of hydrogen-bond acceptors (Lipinski definition) is 3. The van der Waals surface area contributed by atoms with Gasteiger partial charge in [-0.15, -0.1) is 0 Å². The van der Waals surface area contributed by atoms with Crippen molar-refractivity contribution < 1.29 is 27.5 Å². The predicted molar refractivity (Wildman–Crippen MR) is 68.3 cm³/mol. The minimum absolute atomic E-state index is 0.0985. The molecule has 1 aromatic carbocycles. The lowest BCUT2D eigenvalue weighted by Gasteiger charge is -2.11. The van der Waals surface area contributed by atoms with Crippen molar-refractivity contribution in [1.29, 1.82) is 0 Å². The first kappa shape index (κ1) is 17.4. The summed E-state index contributed by atoms with van der Waals surface area (Å²) in [6, 6.07) is 1.67. The summed E-state index contributed by atoms with van der Waals surface area (Å²) >= 11 is 0. The normalized spacial score (nSPS) is 13.0. The van der Waals surface area contributed by atoms with Gasteiger partial charge in [-0.25, -0.2) is 4.39 Å². The molecule has 0 radical (unpaired) electrons. The Bertz CT molecular complexity index is 490. The molecular formula is C13H16F4N2O2. The van der Waals surface area contributed by atoms with Gasteiger partial charge >= 0.3 is 6.18 Å². The van der Waals surface area contributed by atoms with Crippen molar-refractivity contribution in [2.45, 2.75) is 19.2 Å². The molecule has 1 unspecified atom stereocenters. The van der Waals surface area contributed by atoms with Gasteiger partial charge < -0.3 is 15.7 Å². The molecule has 1 amide bonds. The van der Waals surface area contributed by atoms with E-state index in [9.17, 15) is 22.4 Å². The van der Waals surface area contributed by atoms with Crippen molar-refractivity contribution >= 4 is 5.91 Å². The molecule has 4 nitrogen and oxygen atoms in total. The standard InChI is InChI=1S/C13H16F4N2O2/c1-8(20)7-18-4-5-19-12(21)10-6-9(13(15,16)17)2-3-11(10)14/h2-3,6,8,18,20H,4-5,7H2,1H3,(H,19,21). The molecule has 21 heavy (non-hydrogen) atoms. The molecule has 0 aliphatic heterocycles. The van der Waals surface area contributed by atoms with E-state index < -0.39 is 35.1 Å². The highest BCUT2D eigenvalue weighted by atomic mass is 19.4. The van der Waals surface area contributed by atoms with E-state index in [1.165, 1.54) is 0 Å². The molecule has 0 aliphatic rings. The van der Waals surface area contributed by atoms with Gasteiger partial charge in [0.1, 0.15) is 5.82 Å². The fourth-order valence-corrected chi connectivity index (χ4v) is 1.55. The smallest absolute Gasteiger partial charge is 0.392 e. The van der Waals surface area contributed by atoms with Gasteiger partial charge in [0, 0.05) is 19.6 Å². The summed E-state index contributed by atoms with van der Waals surface area (Å²) in [6.45, 7) is 2.29. The van der Waals surface area contributed by atoms with E-state index in [2.05, 4.69) is 10.6 Å². The summed E-state index contributed by atoms with van der Waals surface area (Å²) < 4.78 is 50.9. The van der Waals surface area contributed by atoms with Crippen LogP contribution in [0.4, 0.5) is 17.6 Å². The summed E-state index contributed by atoms with van der Waals surface area (Å²) in [6.07, 6.45) is -5.19. The number of aliphatic hydroxyl groups excluding tert-OH is 1. The number of rotatable bonds is 6. The van der Waals surface area contributed by atoms with Crippen LogP contribution >= 0.6 is 0 Å². The Balaban J connectivity index is 2.61. The van der Waals surface area contributed by atoms with Gasteiger partial charge in [0.15, 0.2) is 0 Å². The number of aliphatic hydroxyl groups is 1. The Morgan fingerprint density at radius 2 is 2.00 bits per heavy atom. The summed E-state index contributed by atoms with van der Waals surface area (Å²) in [5.41, 5.74) is -1.73. The van der Waals surface area contributed by atoms with E-state index in [1.54, 1.807) is 6.92 Å². The average molecular weight is 308 g/mol. The Morgan fingerprint density at radius 3 is 2.57 bits per heavy atom. The van der Waals surface area contributed by atoms with Gasteiger partial charge in [-0.3, -0.25) is 4.79 Å². The van der Waals surface area contributed by atoms with Gasteiger partial charge in [-0.2, -0.15) is 13.2 Å². The Kier molecular flexibility index (Phi) is 6.10. The number of nitrogens with one attached hydrogen (secondary N) is 2. The molecule has 0 saturated heterocycles. The van der Waals surface area contributed by atoms with Crippen molar-refractivity contribution in [2.24, 2.45) is 0 Å². The monoisotopic (exact) mass is 308 g/mol. The largest absolute Gasteiger partial charge is 0.416 e. The van der Waals surface area contributed by atoms with Crippen LogP contribution < -0.4 is 10.6 Å². The molecule has 0 aliphatic carbocycles. The summed E-state index contributed by atoms with van der Waals surface area (Å²) in [7, 11) is 0. The minimum atomic E-state index is -4.64. The lowest BCUT2D eigenvalue weighted by molar-refractivity contribution is -0.137. The minimum Gasteiger partial charge on any atom is -0.392 e. The number of carbonyl (C=O) groups is 1. The van der Waals surface area contributed by atoms with Crippen LogP contribution in [0.15, 0.2) is 18.2 Å². The number of benzene rings is 1. The average Bonchev–Trinajstić information content (AvgIpc) is 2.36. The summed E-state index contributed by atoms with van der Waals surface area (Å²) in [4.78, 5) is 11.6. The van der Waals surface area contributed by atoms with E-state index in [0.29, 0.717) is 31.3 Å². The fraction of sp³-hybridized carbons (Fsp3) is 0.462. The molecule has 0 spiro atoms. The van der Waals surface area contributed by atoms with Crippen LogP contribution in [-0.2, 0) is 6.18 Å². The van der Waals surface area contributed by atoms with Crippen LogP contribution in [0.25, 0.3) is 0 Å². The zero-order valence-corrected chi connectivity index (χ0v) is 11.3. The molecule has 8 heteroatoms. The number of carbonyl (C=O) groups excluding carboxylic acids is 1. The van der Waals surface area contributed by atoms with Gasteiger partial charge in [0.2, 0.25) is 0 Å². The Morgan fingerprint density at radius 1 is 1.33 bits per heavy atom. The molecule has 0 saturated carbocycles. The number of halogens is 4. The van der Waals surface area contributed by atoms with E-state index in [-0.39, 0.29) is 6.54 Å². The van der Waals surface area contributed by atoms with E-state index in [0.717, 1.165) is 0 Å². The highest BCUT2D eigenvalue weighted by molar-refractivity contribution is 5.94. The third-order valence-electron chi connectivity index (χ3n) is 2.57. The second-order valence-electron chi connectivity index (χ2n) is 4.50. The third kappa shape index (κ3) is 5.68. The first-order valence-corrected chi connectivity index (χ1v) is 6.25.